The van der Waals surface area contributed by atoms with E-state index >= 15 is 0 Å². The van der Waals surface area contributed by atoms with Gasteiger partial charge in [-0.05, 0) is 44.9 Å². The molecule has 144 valence electrons. The standard InChI is InChI=1S/C22H23FN4O/c1-13-9-14(2)21(15(3)10-13)27-22(28)19-11-20(26-16(4)25-19)24-12-17-7-5-6-8-18(17)23/h5-11H,12H2,1-4H3,(H,27,28)(H,24,25,26). The fourth-order valence-electron chi connectivity index (χ4n) is 3.16. The van der Waals surface area contributed by atoms with E-state index in [1.807, 2.05) is 32.9 Å². The van der Waals surface area contributed by atoms with Gasteiger partial charge in [0.15, 0.2) is 0 Å². The molecular formula is C22H23FN4O. The molecule has 1 aromatic heterocycles. The van der Waals surface area contributed by atoms with E-state index < -0.39 is 0 Å². The highest BCUT2D eigenvalue weighted by Gasteiger charge is 2.14. The number of carbonyl (C=O) groups is 1. The van der Waals surface area contributed by atoms with Crippen LogP contribution in [0.25, 0.3) is 0 Å². The number of nitrogens with one attached hydrogen (secondary N) is 2. The van der Waals surface area contributed by atoms with Crippen LogP contribution >= 0.6 is 0 Å². The highest BCUT2D eigenvalue weighted by atomic mass is 19.1. The second-order valence-corrected chi connectivity index (χ2v) is 6.86. The number of aryl methyl sites for hydroxylation is 4. The van der Waals surface area contributed by atoms with Gasteiger partial charge in [-0.25, -0.2) is 14.4 Å². The van der Waals surface area contributed by atoms with E-state index in [4.69, 9.17) is 0 Å². The number of aromatic nitrogens is 2. The molecule has 0 bridgehead atoms. The zero-order chi connectivity index (χ0) is 20.3. The average molecular weight is 378 g/mol. The van der Waals surface area contributed by atoms with Crippen LogP contribution in [-0.4, -0.2) is 15.9 Å². The van der Waals surface area contributed by atoms with Crippen LogP contribution < -0.4 is 10.6 Å². The van der Waals surface area contributed by atoms with Gasteiger partial charge in [-0.15, -0.1) is 0 Å². The Labute approximate surface area is 164 Å². The number of hydrogen-bond acceptors (Lipinski definition) is 4. The van der Waals surface area contributed by atoms with Gasteiger partial charge in [0.2, 0.25) is 0 Å². The summed E-state index contributed by atoms with van der Waals surface area (Å²) in [4.78, 5) is 21.3. The van der Waals surface area contributed by atoms with Crippen LogP contribution in [0.1, 0.15) is 38.6 Å². The number of amides is 1. The molecule has 0 saturated heterocycles. The van der Waals surface area contributed by atoms with Crippen LogP contribution in [0.4, 0.5) is 15.9 Å². The average Bonchev–Trinajstić information content (AvgIpc) is 2.63. The van der Waals surface area contributed by atoms with Crippen LogP contribution in [-0.2, 0) is 6.54 Å². The second kappa shape index (κ2) is 8.17. The number of carbonyl (C=O) groups excluding carboxylic acids is 1. The highest BCUT2D eigenvalue weighted by molar-refractivity contribution is 6.04. The van der Waals surface area contributed by atoms with Crippen LogP contribution in [0, 0.1) is 33.5 Å². The first-order valence-corrected chi connectivity index (χ1v) is 9.05. The summed E-state index contributed by atoms with van der Waals surface area (Å²) in [5.41, 5.74) is 4.70. The number of nitrogens with zero attached hydrogens (tertiary/aromatic N) is 2. The van der Waals surface area contributed by atoms with Crippen molar-refractivity contribution in [3.63, 3.8) is 0 Å². The lowest BCUT2D eigenvalue weighted by molar-refractivity contribution is 0.102. The lowest BCUT2D eigenvalue weighted by Gasteiger charge is -2.13. The van der Waals surface area contributed by atoms with Crippen molar-refractivity contribution in [2.75, 3.05) is 10.6 Å². The van der Waals surface area contributed by atoms with Gasteiger partial charge in [0.1, 0.15) is 23.2 Å². The molecular weight excluding hydrogens is 355 g/mol. The fourth-order valence-corrected chi connectivity index (χ4v) is 3.16. The van der Waals surface area contributed by atoms with Crippen molar-refractivity contribution < 1.29 is 9.18 Å². The Balaban J connectivity index is 1.79. The number of halogens is 1. The maximum absolute atomic E-state index is 13.8. The summed E-state index contributed by atoms with van der Waals surface area (Å²) in [6.45, 7) is 7.92. The van der Waals surface area contributed by atoms with E-state index in [0.29, 0.717) is 17.2 Å². The van der Waals surface area contributed by atoms with Crippen molar-refractivity contribution in [2.24, 2.45) is 0 Å². The van der Waals surface area contributed by atoms with Gasteiger partial charge in [0.05, 0.1) is 0 Å². The maximum Gasteiger partial charge on any atom is 0.274 e. The zero-order valence-corrected chi connectivity index (χ0v) is 16.4. The molecule has 0 aliphatic rings. The zero-order valence-electron chi connectivity index (χ0n) is 16.4. The second-order valence-electron chi connectivity index (χ2n) is 6.86. The predicted octanol–water partition coefficient (Wildman–Crippen LogP) is 4.71. The Hall–Kier alpha value is -3.28. The van der Waals surface area contributed by atoms with Crippen LogP contribution in [0.5, 0.6) is 0 Å². The van der Waals surface area contributed by atoms with Gasteiger partial charge < -0.3 is 10.6 Å². The number of rotatable bonds is 5. The number of hydrogen-bond donors (Lipinski definition) is 2. The molecule has 2 N–H and O–H groups in total. The molecule has 5 nitrogen and oxygen atoms in total. The molecule has 1 amide bonds. The van der Waals surface area contributed by atoms with Gasteiger partial charge in [0, 0.05) is 23.9 Å². The third-order valence-corrected chi connectivity index (χ3v) is 4.40. The van der Waals surface area contributed by atoms with Gasteiger partial charge >= 0.3 is 0 Å². The quantitative estimate of drug-likeness (QED) is 0.674. The largest absolute Gasteiger partial charge is 0.366 e. The first-order valence-electron chi connectivity index (χ1n) is 9.05. The number of anilines is 2. The Morgan fingerprint density at radius 2 is 1.68 bits per heavy atom. The van der Waals surface area contributed by atoms with Crippen molar-refractivity contribution in [3.8, 4) is 0 Å². The molecule has 0 fully saturated rings. The Bertz CT molecular complexity index is 1010. The minimum atomic E-state index is -0.311. The van der Waals surface area contributed by atoms with Crippen molar-refractivity contribution in [3.05, 3.63) is 82.1 Å². The third-order valence-electron chi connectivity index (χ3n) is 4.40. The van der Waals surface area contributed by atoms with E-state index in [0.717, 1.165) is 22.4 Å². The molecule has 0 aliphatic carbocycles. The van der Waals surface area contributed by atoms with Gasteiger partial charge in [-0.2, -0.15) is 0 Å². The molecule has 0 atom stereocenters. The predicted molar refractivity (Wildman–Crippen MR) is 109 cm³/mol. The Morgan fingerprint density at radius 1 is 1.00 bits per heavy atom. The van der Waals surface area contributed by atoms with E-state index in [9.17, 15) is 9.18 Å². The maximum atomic E-state index is 13.8. The molecule has 6 heteroatoms. The minimum Gasteiger partial charge on any atom is -0.366 e. The summed E-state index contributed by atoms with van der Waals surface area (Å²) in [5.74, 6) is 0.331. The fraction of sp³-hybridized carbons (Fsp3) is 0.227. The molecule has 2 aromatic carbocycles. The monoisotopic (exact) mass is 378 g/mol. The minimum absolute atomic E-state index is 0.253. The third kappa shape index (κ3) is 4.52. The van der Waals surface area contributed by atoms with Gasteiger partial charge in [0.25, 0.3) is 5.91 Å². The summed E-state index contributed by atoms with van der Waals surface area (Å²) in [7, 11) is 0. The lowest BCUT2D eigenvalue weighted by atomic mass is 10.0. The molecule has 0 saturated carbocycles. The van der Waals surface area contributed by atoms with Crippen molar-refractivity contribution in [1.29, 1.82) is 0 Å². The van der Waals surface area contributed by atoms with E-state index in [2.05, 4.69) is 20.6 Å². The molecule has 0 aliphatic heterocycles. The van der Waals surface area contributed by atoms with Crippen molar-refractivity contribution in [2.45, 2.75) is 34.2 Å². The Kier molecular flexibility index (Phi) is 5.68. The first kappa shape index (κ1) is 19.5. The SMILES string of the molecule is Cc1cc(C)c(NC(=O)c2cc(NCc3ccccc3F)nc(C)n2)c(C)c1. The summed E-state index contributed by atoms with van der Waals surface area (Å²) in [5, 5.41) is 6.00. The number of benzene rings is 2. The first-order chi connectivity index (χ1) is 13.3. The van der Waals surface area contributed by atoms with Gasteiger partial charge in [-0.3, -0.25) is 4.79 Å². The Morgan fingerprint density at radius 3 is 2.36 bits per heavy atom. The van der Waals surface area contributed by atoms with Crippen molar-refractivity contribution in [1.82, 2.24) is 9.97 Å². The van der Waals surface area contributed by atoms with Gasteiger partial charge in [-0.1, -0.05) is 35.9 Å². The molecule has 28 heavy (non-hydrogen) atoms. The van der Waals surface area contributed by atoms with E-state index in [1.54, 1.807) is 31.2 Å². The molecule has 0 radical (unpaired) electrons. The van der Waals surface area contributed by atoms with E-state index in [1.165, 1.54) is 6.07 Å². The van der Waals surface area contributed by atoms with Crippen LogP contribution in [0.3, 0.4) is 0 Å². The van der Waals surface area contributed by atoms with Crippen LogP contribution in [0.2, 0.25) is 0 Å². The summed E-state index contributed by atoms with van der Waals surface area (Å²) < 4.78 is 13.8. The molecule has 1 heterocycles. The highest BCUT2D eigenvalue weighted by Crippen LogP contribution is 2.22. The topological polar surface area (TPSA) is 66.9 Å². The van der Waals surface area contributed by atoms with E-state index in [-0.39, 0.29) is 24.0 Å². The lowest BCUT2D eigenvalue weighted by Crippen LogP contribution is -2.17. The molecule has 3 rings (SSSR count). The molecule has 0 unspecified atom stereocenters. The normalized spacial score (nSPS) is 10.6. The van der Waals surface area contributed by atoms with Crippen LogP contribution in [0.15, 0.2) is 42.5 Å². The summed E-state index contributed by atoms with van der Waals surface area (Å²) in [6, 6.07) is 12.1. The molecule has 3 aromatic rings. The summed E-state index contributed by atoms with van der Waals surface area (Å²) >= 11 is 0. The molecule has 0 spiro atoms. The smallest absolute Gasteiger partial charge is 0.274 e. The summed E-state index contributed by atoms with van der Waals surface area (Å²) in [6.07, 6.45) is 0. The van der Waals surface area contributed by atoms with Crippen molar-refractivity contribution >= 4 is 17.4 Å².